The molecular weight excluding hydrogens is 320 g/mol. The van der Waals surface area contributed by atoms with E-state index < -0.39 is 0 Å². The lowest BCUT2D eigenvalue weighted by Crippen LogP contribution is -2.43. The second kappa shape index (κ2) is 7.20. The van der Waals surface area contributed by atoms with Crippen molar-refractivity contribution in [3.05, 3.63) is 34.3 Å². The number of hydrogen-bond acceptors (Lipinski definition) is 3. The van der Waals surface area contributed by atoms with Gasteiger partial charge in [0.2, 0.25) is 5.91 Å². The fourth-order valence-electron chi connectivity index (χ4n) is 2.31. The summed E-state index contributed by atoms with van der Waals surface area (Å²) in [5.74, 6) is 0.399. The zero-order valence-corrected chi connectivity index (χ0v) is 13.3. The third-order valence-corrected chi connectivity index (χ3v) is 4.32. The first-order valence-electron chi connectivity index (χ1n) is 6.95. The molecule has 0 radical (unpaired) electrons. The lowest BCUT2D eigenvalue weighted by molar-refractivity contribution is -0.139. The summed E-state index contributed by atoms with van der Waals surface area (Å²) in [6, 6.07) is 7.99. The zero-order chi connectivity index (χ0) is 14.5. The number of halogens is 1. The van der Waals surface area contributed by atoms with Crippen LogP contribution in [0.25, 0.3) is 0 Å². The molecule has 20 heavy (non-hydrogen) atoms. The first-order chi connectivity index (χ1) is 9.61. The van der Waals surface area contributed by atoms with E-state index in [9.17, 15) is 4.79 Å². The number of nitrogens with zero attached hydrogens (tertiary/aromatic N) is 1. The molecule has 1 amide bonds. The van der Waals surface area contributed by atoms with E-state index in [2.05, 4.69) is 15.9 Å². The third kappa shape index (κ3) is 3.81. The summed E-state index contributed by atoms with van der Waals surface area (Å²) in [7, 11) is 0. The van der Waals surface area contributed by atoms with Gasteiger partial charge in [-0.25, -0.2) is 0 Å². The molecule has 1 aromatic carbocycles. The number of amides is 1. The summed E-state index contributed by atoms with van der Waals surface area (Å²) in [4.78, 5) is 14.1. The van der Waals surface area contributed by atoms with Gasteiger partial charge in [0.25, 0.3) is 0 Å². The number of morpholine rings is 1. The second-order valence-electron chi connectivity index (χ2n) is 5.27. The Morgan fingerprint density at radius 1 is 1.55 bits per heavy atom. The van der Waals surface area contributed by atoms with E-state index in [4.69, 9.17) is 10.5 Å². The molecule has 110 valence electrons. The maximum absolute atomic E-state index is 12.2. The Balaban J connectivity index is 2.02. The Kier molecular flexibility index (Phi) is 5.57. The number of carbonyl (C=O) groups is 1. The Hall–Kier alpha value is -0.910. The molecule has 0 bridgehead atoms. The molecule has 1 fully saturated rings. The molecule has 1 aromatic rings. The van der Waals surface area contributed by atoms with Crippen molar-refractivity contribution in [3.63, 3.8) is 0 Å². The zero-order valence-electron chi connectivity index (χ0n) is 11.7. The van der Waals surface area contributed by atoms with Crippen LogP contribution in [0.3, 0.4) is 0 Å². The second-order valence-corrected chi connectivity index (χ2v) is 6.12. The van der Waals surface area contributed by atoms with E-state index in [0.717, 1.165) is 10.0 Å². The van der Waals surface area contributed by atoms with Crippen LogP contribution in [0.1, 0.15) is 25.0 Å². The highest BCUT2D eigenvalue weighted by Gasteiger charge is 2.26. The van der Waals surface area contributed by atoms with Crippen LogP contribution < -0.4 is 5.73 Å². The number of hydrogen-bond donors (Lipinski definition) is 1. The molecule has 2 rings (SSSR count). The summed E-state index contributed by atoms with van der Waals surface area (Å²) >= 11 is 3.54. The van der Waals surface area contributed by atoms with Crippen LogP contribution in [0.2, 0.25) is 0 Å². The predicted octanol–water partition coefficient (Wildman–Crippen LogP) is 2.33. The van der Waals surface area contributed by atoms with E-state index in [-0.39, 0.29) is 17.9 Å². The van der Waals surface area contributed by atoms with Crippen molar-refractivity contribution in [3.8, 4) is 0 Å². The highest BCUT2D eigenvalue weighted by atomic mass is 79.9. The molecule has 1 heterocycles. The summed E-state index contributed by atoms with van der Waals surface area (Å²) in [5.41, 5.74) is 6.68. The minimum absolute atomic E-state index is 0.0588. The van der Waals surface area contributed by atoms with Crippen molar-refractivity contribution in [1.82, 2.24) is 4.90 Å². The summed E-state index contributed by atoms with van der Waals surface area (Å²) in [6.45, 7) is 4.40. The van der Waals surface area contributed by atoms with Gasteiger partial charge >= 0.3 is 0 Å². The van der Waals surface area contributed by atoms with Gasteiger partial charge in [-0.3, -0.25) is 4.79 Å². The van der Waals surface area contributed by atoms with Crippen molar-refractivity contribution in [1.29, 1.82) is 0 Å². The lowest BCUT2D eigenvalue weighted by Gasteiger charge is -2.34. The molecule has 0 spiro atoms. The highest BCUT2D eigenvalue weighted by molar-refractivity contribution is 9.10. The molecule has 4 nitrogen and oxygen atoms in total. The monoisotopic (exact) mass is 340 g/mol. The standard InChI is InChI=1S/C15H21BrN2O2/c1-11(9-17)8-15(19)18-6-7-20-14(10-18)12-4-2-3-5-13(12)16/h2-5,11,14H,6-10,17H2,1H3. The molecule has 1 aliphatic heterocycles. The number of rotatable bonds is 4. The van der Waals surface area contributed by atoms with Gasteiger partial charge in [-0.1, -0.05) is 41.1 Å². The van der Waals surface area contributed by atoms with Crippen LogP contribution in [-0.4, -0.2) is 37.0 Å². The van der Waals surface area contributed by atoms with Gasteiger partial charge in [-0.05, 0) is 24.1 Å². The molecule has 0 aromatic heterocycles. The number of carbonyl (C=O) groups excluding carboxylic acids is 1. The van der Waals surface area contributed by atoms with Crippen LogP contribution in [0.15, 0.2) is 28.7 Å². The average molecular weight is 341 g/mol. The Bertz CT molecular complexity index is 467. The van der Waals surface area contributed by atoms with Crippen molar-refractivity contribution < 1.29 is 9.53 Å². The number of nitrogens with two attached hydrogens (primary N) is 1. The predicted molar refractivity (Wildman–Crippen MR) is 82.3 cm³/mol. The molecule has 0 saturated carbocycles. The van der Waals surface area contributed by atoms with Crippen LogP contribution in [0, 0.1) is 5.92 Å². The molecular formula is C15H21BrN2O2. The minimum atomic E-state index is -0.0588. The van der Waals surface area contributed by atoms with E-state index in [0.29, 0.717) is 32.7 Å². The highest BCUT2D eigenvalue weighted by Crippen LogP contribution is 2.28. The van der Waals surface area contributed by atoms with E-state index >= 15 is 0 Å². The van der Waals surface area contributed by atoms with Gasteiger partial charge < -0.3 is 15.4 Å². The Morgan fingerprint density at radius 2 is 2.30 bits per heavy atom. The lowest BCUT2D eigenvalue weighted by atomic mass is 10.1. The fourth-order valence-corrected chi connectivity index (χ4v) is 2.85. The molecule has 1 aliphatic rings. The molecule has 2 unspecified atom stereocenters. The van der Waals surface area contributed by atoms with E-state index in [1.165, 1.54) is 0 Å². The summed E-state index contributed by atoms with van der Waals surface area (Å²) in [5, 5.41) is 0. The maximum Gasteiger partial charge on any atom is 0.223 e. The van der Waals surface area contributed by atoms with Gasteiger partial charge in [-0.2, -0.15) is 0 Å². The molecule has 1 saturated heterocycles. The fraction of sp³-hybridized carbons (Fsp3) is 0.533. The first kappa shape index (κ1) is 15.5. The summed E-state index contributed by atoms with van der Waals surface area (Å²) in [6.07, 6.45) is 0.454. The number of ether oxygens (including phenoxy) is 1. The smallest absolute Gasteiger partial charge is 0.223 e. The third-order valence-electron chi connectivity index (χ3n) is 3.60. The topological polar surface area (TPSA) is 55.6 Å². The molecule has 5 heteroatoms. The van der Waals surface area contributed by atoms with Crippen LogP contribution in [0.4, 0.5) is 0 Å². The SMILES string of the molecule is CC(CN)CC(=O)N1CCOC(c2ccccc2Br)C1. The van der Waals surface area contributed by atoms with Crippen LogP contribution in [-0.2, 0) is 9.53 Å². The Morgan fingerprint density at radius 3 is 3.00 bits per heavy atom. The van der Waals surface area contributed by atoms with Gasteiger partial charge in [-0.15, -0.1) is 0 Å². The van der Waals surface area contributed by atoms with Gasteiger partial charge in [0, 0.05) is 17.4 Å². The van der Waals surface area contributed by atoms with Gasteiger partial charge in [0.1, 0.15) is 6.10 Å². The first-order valence-corrected chi connectivity index (χ1v) is 7.75. The number of benzene rings is 1. The average Bonchev–Trinajstić information content (AvgIpc) is 2.47. The maximum atomic E-state index is 12.2. The normalized spacial score (nSPS) is 20.8. The van der Waals surface area contributed by atoms with Crippen LogP contribution >= 0.6 is 15.9 Å². The molecule has 2 atom stereocenters. The van der Waals surface area contributed by atoms with Gasteiger partial charge in [0.05, 0.1) is 13.2 Å². The van der Waals surface area contributed by atoms with Gasteiger partial charge in [0.15, 0.2) is 0 Å². The van der Waals surface area contributed by atoms with Crippen LogP contribution in [0.5, 0.6) is 0 Å². The van der Waals surface area contributed by atoms with E-state index in [1.807, 2.05) is 36.1 Å². The summed E-state index contributed by atoms with van der Waals surface area (Å²) < 4.78 is 6.83. The van der Waals surface area contributed by atoms with Crippen molar-refractivity contribution in [2.24, 2.45) is 11.7 Å². The van der Waals surface area contributed by atoms with Crippen molar-refractivity contribution in [2.45, 2.75) is 19.4 Å². The molecule has 2 N–H and O–H groups in total. The minimum Gasteiger partial charge on any atom is -0.370 e. The van der Waals surface area contributed by atoms with Crippen molar-refractivity contribution in [2.75, 3.05) is 26.2 Å². The Labute approximate surface area is 128 Å². The molecule has 0 aliphatic carbocycles. The largest absolute Gasteiger partial charge is 0.370 e. The quantitative estimate of drug-likeness (QED) is 0.915. The van der Waals surface area contributed by atoms with E-state index in [1.54, 1.807) is 0 Å². The van der Waals surface area contributed by atoms with Crippen molar-refractivity contribution >= 4 is 21.8 Å².